The standard InChI is InChI=1S/C12H16F3NO4/c13-12(14,15)7-3-5-16(6-4-7)10(17)8-1-2-9(20-8)11(18)19/h7-9H,1-6H2,(H,18,19). The molecule has 0 aromatic rings. The van der Waals surface area contributed by atoms with Crippen molar-refractivity contribution in [2.75, 3.05) is 13.1 Å². The minimum atomic E-state index is -4.21. The van der Waals surface area contributed by atoms with Crippen molar-refractivity contribution < 1.29 is 32.6 Å². The van der Waals surface area contributed by atoms with Gasteiger partial charge in [0.15, 0.2) is 6.10 Å². The van der Waals surface area contributed by atoms with E-state index in [1.165, 1.54) is 4.90 Å². The molecular formula is C12H16F3NO4. The van der Waals surface area contributed by atoms with Crippen molar-refractivity contribution in [3.05, 3.63) is 0 Å². The van der Waals surface area contributed by atoms with Crippen LogP contribution in [0.1, 0.15) is 25.7 Å². The van der Waals surface area contributed by atoms with Gasteiger partial charge in [-0.25, -0.2) is 4.79 Å². The van der Waals surface area contributed by atoms with E-state index >= 15 is 0 Å². The molecule has 0 bridgehead atoms. The predicted molar refractivity (Wildman–Crippen MR) is 60.9 cm³/mol. The monoisotopic (exact) mass is 295 g/mol. The zero-order chi connectivity index (χ0) is 14.9. The molecule has 1 N–H and O–H groups in total. The number of ether oxygens (including phenoxy) is 1. The number of hydrogen-bond donors (Lipinski definition) is 1. The number of hydrogen-bond acceptors (Lipinski definition) is 3. The van der Waals surface area contributed by atoms with Crippen LogP contribution in [0.25, 0.3) is 0 Å². The number of alkyl halides is 3. The number of rotatable bonds is 2. The van der Waals surface area contributed by atoms with Crippen molar-refractivity contribution in [2.24, 2.45) is 5.92 Å². The third kappa shape index (κ3) is 3.23. The topological polar surface area (TPSA) is 66.8 Å². The third-order valence-corrected chi connectivity index (χ3v) is 3.84. The van der Waals surface area contributed by atoms with E-state index in [1.54, 1.807) is 0 Å². The fourth-order valence-electron chi connectivity index (χ4n) is 2.63. The highest BCUT2D eigenvalue weighted by Gasteiger charge is 2.43. The van der Waals surface area contributed by atoms with Gasteiger partial charge in [0.05, 0.1) is 5.92 Å². The number of carboxylic acid groups (broad SMARTS) is 1. The minimum Gasteiger partial charge on any atom is -0.479 e. The zero-order valence-corrected chi connectivity index (χ0v) is 10.7. The summed E-state index contributed by atoms with van der Waals surface area (Å²) in [5.41, 5.74) is 0. The quantitative estimate of drug-likeness (QED) is 0.836. The summed E-state index contributed by atoms with van der Waals surface area (Å²) in [7, 11) is 0. The van der Waals surface area contributed by atoms with E-state index in [9.17, 15) is 22.8 Å². The molecule has 0 radical (unpaired) electrons. The minimum absolute atomic E-state index is 0.0423. The van der Waals surface area contributed by atoms with Crippen LogP contribution >= 0.6 is 0 Å². The van der Waals surface area contributed by atoms with Crippen molar-refractivity contribution in [3.63, 3.8) is 0 Å². The average molecular weight is 295 g/mol. The lowest BCUT2D eigenvalue weighted by Crippen LogP contribution is -2.46. The molecule has 2 unspecified atom stereocenters. The summed E-state index contributed by atoms with van der Waals surface area (Å²) in [6, 6.07) is 0. The molecule has 8 heteroatoms. The second kappa shape index (κ2) is 5.59. The SMILES string of the molecule is O=C(O)C1CCC(C(=O)N2CCC(C(F)(F)F)CC2)O1. The highest BCUT2D eigenvalue weighted by atomic mass is 19.4. The number of likely N-dealkylation sites (tertiary alicyclic amines) is 1. The molecule has 5 nitrogen and oxygen atoms in total. The normalized spacial score (nSPS) is 28.6. The highest BCUT2D eigenvalue weighted by Crippen LogP contribution is 2.34. The van der Waals surface area contributed by atoms with Crippen LogP contribution in [0.15, 0.2) is 0 Å². The molecule has 114 valence electrons. The summed E-state index contributed by atoms with van der Waals surface area (Å²) >= 11 is 0. The number of halogens is 3. The molecule has 0 aromatic heterocycles. The van der Waals surface area contributed by atoms with Gasteiger partial charge >= 0.3 is 12.1 Å². The van der Waals surface area contributed by atoms with Crippen LogP contribution in [0.3, 0.4) is 0 Å². The Hall–Kier alpha value is -1.31. The lowest BCUT2D eigenvalue weighted by atomic mass is 9.96. The Morgan fingerprint density at radius 1 is 1.05 bits per heavy atom. The summed E-state index contributed by atoms with van der Waals surface area (Å²) in [6.07, 6.45) is -5.70. The maximum atomic E-state index is 12.5. The number of carbonyl (C=O) groups is 2. The van der Waals surface area contributed by atoms with E-state index in [1.807, 2.05) is 0 Å². The molecule has 20 heavy (non-hydrogen) atoms. The highest BCUT2D eigenvalue weighted by molar-refractivity contribution is 5.82. The van der Waals surface area contributed by atoms with Gasteiger partial charge in [0, 0.05) is 13.1 Å². The van der Waals surface area contributed by atoms with E-state index in [2.05, 4.69) is 0 Å². The Morgan fingerprint density at radius 2 is 1.60 bits per heavy atom. The summed E-state index contributed by atoms with van der Waals surface area (Å²) in [5, 5.41) is 8.77. The van der Waals surface area contributed by atoms with Crippen LogP contribution in [-0.4, -0.2) is 53.4 Å². The first-order valence-electron chi connectivity index (χ1n) is 6.53. The molecule has 0 aliphatic carbocycles. The van der Waals surface area contributed by atoms with Crippen molar-refractivity contribution in [1.82, 2.24) is 4.90 Å². The number of carbonyl (C=O) groups excluding carboxylic acids is 1. The molecule has 0 saturated carbocycles. The molecule has 2 aliphatic rings. The van der Waals surface area contributed by atoms with Gasteiger partial charge in [-0.15, -0.1) is 0 Å². The van der Waals surface area contributed by atoms with Gasteiger partial charge < -0.3 is 14.7 Å². The summed E-state index contributed by atoms with van der Waals surface area (Å²) in [4.78, 5) is 24.1. The lowest BCUT2D eigenvalue weighted by molar-refractivity contribution is -0.188. The molecule has 2 fully saturated rings. The van der Waals surface area contributed by atoms with Crippen LogP contribution < -0.4 is 0 Å². The van der Waals surface area contributed by atoms with Gasteiger partial charge in [0.25, 0.3) is 5.91 Å². The van der Waals surface area contributed by atoms with Gasteiger partial charge in [0.2, 0.25) is 0 Å². The van der Waals surface area contributed by atoms with E-state index in [4.69, 9.17) is 9.84 Å². The van der Waals surface area contributed by atoms with Crippen molar-refractivity contribution in [3.8, 4) is 0 Å². The first-order valence-corrected chi connectivity index (χ1v) is 6.53. The molecule has 0 spiro atoms. The summed E-state index contributed by atoms with van der Waals surface area (Å²) < 4.78 is 42.7. The van der Waals surface area contributed by atoms with Crippen LogP contribution in [0.4, 0.5) is 13.2 Å². The fourth-order valence-corrected chi connectivity index (χ4v) is 2.63. The first-order chi connectivity index (χ1) is 9.29. The maximum Gasteiger partial charge on any atom is 0.391 e. The zero-order valence-electron chi connectivity index (χ0n) is 10.7. The van der Waals surface area contributed by atoms with Crippen molar-refractivity contribution in [2.45, 2.75) is 44.1 Å². The van der Waals surface area contributed by atoms with Gasteiger partial charge in [-0.05, 0) is 25.7 Å². The molecular weight excluding hydrogens is 279 g/mol. The number of aliphatic carboxylic acids is 1. The number of carboxylic acids is 1. The molecule has 2 aliphatic heterocycles. The van der Waals surface area contributed by atoms with Gasteiger partial charge in [-0.2, -0.15) is 13.2 Å². The Bertz CT molecular complexity index is 391. The van der Waals surface area contributed by atoms with Gasteiger partial charge in [0.1, 0.15) is 6.10 Å². The Balaban J connectivity index is 1.85. The number of amides is 1. The average Bonchev–Trinajstić information content (AvgIpc) is 2.86. The third-order valence-electron chi connectivity index (χ3n) is 3.84. The van der Waals surface area contributed by atoms with Crippen molar-refractivity contribution >= 4 is 11.9 Å². The first kappa shape index (κ1) is 15.1. The van der Waals surface area contributed by atoms with E-state index in [0.29, 0.717) is 6.42 Å². The van der Waals surface area contributed by atoms with Crippen LogP contribution in [-0.2, 0) is 14.3 Å². The van der Waals surface area contributed by atoms with Crippen LogP contribution in [0, 0.1) is 5.92 Å². The van der Waals surface area contributed by atoms with Gasteiger partial charge in [-0.3, -0.25) is 4.79 Å². The second-order valence-corrected chi connectivity index (χ2v) is 5.17. The Kier molecular flexibility index (Phi) is 4.22. The smallest absolute Gasteiger partial charge is 0.391 e. The fraction of sp³-hybridized carbons (Fsp3) is 0.833. The molecule has 2 atom stereocenters. The molecule has 1 amide bonds. The van der Waals surface area contributed by atoms with E-state index in [0.717, 1.165) is 0 Å². The summed E-state index contributed by atoms with van der Waals surface area (Å²) in [5.74, 6) is -2.87. The predicted octanol–water partition coefficient (Wildman–Crippen LogP) is 1.42. The molecule has 2 saturated heterocycles. The summed E-state index contributed by atoms with van der Waals surface area (Å²) in [6.45, 7) is 0.0845. The van der Waals surface area contributed by atoms with E-state index in [-0.39, 0.29) is 32.4 Å². The van der Waals surface area contributed by atoms with E-state index < -0.39 is 36.2 Å². The number of nitrogens with zero attached hydrogens (tertiary/aromatic N) is 1. The molecule has 2 rings (SSSR count). The number of piperidine rings is 1. The Labute approximate surface area is 113 Å². The Morgan fingerprint density at radius 3 is 2.05 bits per heavy atom. The van der Waals surface area contributed by atoms with Crippen LogP contribution in [0.5, 0.6) is 0 Å². The van der Waals surface area contributed by atoms with Gasteiger partial charge in [-0.1, -0.05) is 0 Å². The maximum absolute atomic E-state index is 12.5. The van der Waals surface area contributed by atoms with Crippen molar-refractivity contribution in [1.29, 1.82) is 0 Å². The van der Waals surface area contributed by atoms with Crippen LogP contribution in [0.2, 0.25) is 0 Å². The molecule has 2 heterocycles. The second-order valence-electron chi connectivity index (χ2n) is 5.17. The lowest BCUT2D eigenvalue weighted by Gasteiger charge is -2.34. The molecule has 0 aromatic carbocycles. The largest absolute Gasteiger partial charge is 0.479 e.